The highest BCUT2D eigenvalue weighted by Crippen LogP contribution is 2.20. The van der Waals surface area contributed by atoms with E-state index in [1.54, 1.807) is 18.2 Å². The van der Waals surface area contributed by atoms with Crippen LogP contribution in [0, 0.1) is 0 Å². The van der Waals surface area contributed by atoms with E-state index in [0.717, 1.165) is 4.47 Å². The predicted molar refractivity (Wildman–Crippen MR) is 53.3 cm³/mol. The van der Waals surface area contributed by atoms with Gasteiger partial charge in [-0.05, 0) is 23.8 Å². The summed E-state index contributed by atoms with van der Waals surface area (Å²) < 4.78 is 24.7. The van der Waals surface area contributed by atoms with E-state index in [2.05, 4.69) is 15.9 Å². The van der Waals surface area contributed by atoms with Gasteiger partial charge in [-0.2, -0.15) is 0 Å². The van der Waals surface area contributed by atoms with Gasteiger partial charge in [-0.3, -0.25) is 0 Å². The second-order valence-corrected chi connectivity index (χ2v) is 3.35. The Bertz CT molecular complexity index is 279. The molecule has 0 atom stereocenters. The standard InChI is InChI=1S/C8H8BrF2N.H3N/c9-6-1-2-7(12)5(3-6)4-8(10)11;/h1-3,8H,4,12H2;1H3. The van der Waals surface area contributed by atoms with Gasteiger partial charge in [0.25, 0.3) is 0 Å². The number of nitrogens with two attached hydrogens (primary N) is 1. The number of hydrogen-bond donors (Lipinski definition) is 2. The van der Waals surface area contributed by atoms with Crippen LogP contribution < -0.4 is 11.9 Å². The molecule has 0 aliphatic carbocycles. The average Bonchev–Trinajstić information content (AvgIpc) is 1.96. The predicted octanol–water partition coefficient (Wildman–Crippen LogP) is 3.00. The Morgan fingerprint density at radius 3 is 2.54 bits per heavy atom. The smallest absolute Gasteiger partial charge is 0.242 e. The molecule has 2 nitrogen and oxygen atoms in total. The van der Waals surface area contributed by atoms with E-state index in [0.29, 0.717) is 11.3 Å². The zero-order valence-corrected chi connectivity index (χ0v) is 8.52. The molecule has 13 heavy (non-hydrogen) atoms. The van der Waals surface area contributed by atoms with Crippen molar-refractivity contribution in [2.75, 3.05) is 5.73 Å². The monoisotopic (exact) mass is 252 g/mol. The molecular formula is C8H11BrF2N2. The Balaban J connectivity index is 0.00000144. The van der Waals surface area contributed by atoms with Crippen LogP contribution in [0.1, 0.15) is 5.56 Å². The second kappa shape index (κ2) is 5.14. The van der Waals surface area contributed by atoms with E-state index < -0.39 is 6.43 Å². The van der Waals surface area contributed by atoms with Gasteiger partial charge in [-0.1, -0.05) is 15.9 Å². The first-order valence-corrected chi connectivity index (χ1v) is 4.21. The number of anilines is 1. The van der Waals surface area contributed by atoms with E-state index in [1.165, 1.54) is 0 Å². The highest BCUT2D eigenvalue weighted by Gasteiger charge is 2.07. The van der Waals surface area contributed by atoms with Crippen molar-refractivity contribution in [1.82, 2.24) is 6.15 Å². The molecule has 0 fully saturated rings. The number of rotatable bonds is 2. The topological polar surface area (TPSA) is 61.0 Å². The first-order chi connectivity index (χ1) is 5.59. The van der Waals surface area contributed by atoms with Gasteiger partial charge in [0.2, 0.25) is 6.43 Å². The fraction of sp³-hybridized carbons (Fsp3) is 0.250. The van der Waals surface area contributed by atoms with E-state index in [4.69, 9.17) is 5.73 Å². The molecule has 1 rings (SSSR count). The van der Waals surface area contributed by atoms with Crippen molar-refractivity contribution in [3.8, 4) is 0 Å². The fourth-order valence-corrected chi connectivity index (χ4v) is 1.33. The third kappa shape index (κ3) is 3.69. The summed E-state index contributed by atoms with van der Waals surface area (Å²) in [5.74, 6) is 0. The molecule has 0 aliphatic rings. The molecule has 1 aromatic carbocycles. The third-order valence-corrected chi connectivity index (χ3v) is 1.97. The van der Waals surface area contributed by atoms with Crippen molar-refractivity contribution < 1.29 is 8.78 Å². The van der Waals surface area contributed by atoms with Crippen molar-refractivity contribution in [2.45, 2.75) is 12.8 Å². The minimum absolute atomic E-state index is 0. The van der Waals surface area contributed by atoms with Gasteiger partial charge in [-0.15, -0.1) is 0 Å². The Kier molecular flexibility index (Phi) is 4.87. The lowest BCUT2D eigenvalue weighted by Crippen LogP contribution is -2.00. The first-order valence-electron chi connectivity index (χ1n) is 3.41. The molecule has 0 bridgehead atoms. The summed E-state index contributed by atoms with van der Waals surface area (Å²) in [7, 11) is 0. The second-order valence-electron chi connectivity index (χ2n) is 2.44. The molecule has 74 valence electrons. The van der Waals surface area contributed by atoms with Crippen molar-refractivity contribution in [1.29, 1.82) is 0 Å². The number of hydrogen-bond acceptors (Lipinski definition) is 2. The molecule has 0 saturated carbocycles. The van der Waals surface area contributed by atoms with Crippen LogP contribution in [-0.4, -0.2) is 6.43 Å². The van der Waals surface area contributed by atoms with Crippen molar-refractivity contribution >= 4 is 21.6 Å². The lowest BCUT2D eigenvalue weighted by atomic mass is 10.1. The minimum atomic E-state index is -2.35. The lowest BCUT2D eigenvalue weighted by molar-refractivity contribution is 0.149. The summed E-state index contributed by atoms with van der Waals surface area (Å²) in [6, 6.07) is 4.95. The molecule has 1 aromatic rings. The number of alkyl halides is 2. The SMILES string of the molecule is N.Nc1ccc(Br)cc1CC(F)F. The molecule has 0 radical (unpaired) electrons. The summed E-state index contributed by atoms with van der Waals surface area (Å²) in [6.07, 6.45) is -2.63. The van der Waals surface area contributed by atoms with Crippen LogP contribution in [0.25, 0.3) is 0 Å². The highest BCUT2D eigenvalue weighted by atomic mass is 79.9. The Labute approximate surface area is 83.8 Å². The van der Waals surface area contributed by atoms with Crippen LogP contribution in [-0.2, 0) is 6.42 Å². The molecule has 5 N–H and O–H groups in total. The summed E-state index contributed by atoms with van der Waals surface area (Å²) in [6.45, 7) is 0. The van der Waals surface area contributed by atoms with Crippen molar-refractivity contribution in [2.24, 2.45) is 0 Å². The summed E-state index contributed by atoms with van der Waals surface area (Å²) in [5.41, 5.74) is 6.38. The lowest BCUT2D eigenvalue weighted by Gasteiger charge is -2.04. The molecule has 0 heterocycles. The maximum absolute atomic E-state index is 12.0. The molecule has 0 aromatic heterocycles. The number of benzene rings is 1. The van der Waals surface area contributed by atoms with Gasteiger partial charge in [0.15, 0.2) is 0 Å². The zero-order chi connectivity index (χ0) is 9.14. The third-order valence-electron chi connectivity index (χ3n) is 1.48. The molecule has 0 unspecified atom stereocenters. The van der Waals surface area contributed by atoms with Crippen LogP contribution >= 0.6 is 15.9 Å². The molecule has 0 spiro atoms. The van der Waals surface area contributed by atoms with Crippen LogP contribution in [0.4, 0.5) is 14.5 Å². The highest BCUT2D eigenvalue weighted by molar-refractivity contribution is 9.10. The van der Waals surface area contributed by atoms with Crippen LogP contribution in [0.5, 0.6) is 0 Å². The Morgan fingerprint density at radius 2 is 2.00 bits per heavy atom. The minimum Gasteiger partial charge on any atom is -0.399 e. The summed E-state index contributed by atoms with van der Waals surface area (Å²) in [4.78, 5) is 0. The van der Waals surface area contributed by atoms with Gasteiger partial charge in [-0.25, -0.2) is 8.78 Å². The average molecular weight is 253 g/mol. The van der Waals surface area contributed by atoms with Crippen LogP contribution in [0.3, 0.4) is 0 Å². The van der Waals surface area contributed by atoms with Gasteiger partial charge in [0.1, 0.15) is 0 Å². The fourth-order valence-electron chi connectivity index (χ4n) is 0.917. The van der Waals surface area contributed by atoms with Crippen molar-refractivity contribution in [3.63, 3.8) is 0 Å². The Hall–Kier alpha value is -0.680. The zero-order valence-electron chi connectivity index (χ0n) is 6.93. The Morgan fingerprint density at radius 1 is 1.38 bits per heavy atom. The molecule has 5 heteroatoms. The van der Waals surface area contributed by atoms with Gasteiger partial charge in [0.05, 0.1) is 0 Å². The molecule has 0 saturated heterocycles. The van der Waals surface area contributed by atoms with Gasteiger partial charge < -0.3 is 11.9 Å². The maximum atomic E-state index is 12.0. The maximum Gasteiger partial charge on any atom is 0.242 e. The molecule has 0 aliphatic heterocycles. The van der Waals surface area contributed by atoms with Gasteiger partial charge in [0, 0.05) is 16.6 Å². The summed E-state index contributed by atoms with van der Waals surface area (Å²) in [5, 5.41) is 0. The van der Waals surface area contributed by atoms with E-state index in [1.807, 2.05) is 0 Å². The first kappa shape index (κ1) is 12.3. The van der Waals surface area contributed by atoms with Crippen molar-refractivity contribution in [3.05, 3.63) is 28.2 Å². The molecular weight excluding hydrogens is 242 g/mol. The van der Waals surface area contributed by atoms with E-state index in [9.17, 15) is 8.78 Å². The van der Waals surface area contributed by atoms with E-state index >= 15 is 0 Å². The molecule has 0 amide bonds. The normalized spacial score (nSPS) is 9.85. The number of nitrogen functional groups attached to an aromatic ring is 1. The van der Waals surface area contributed by atoms with Gasteiger partial charge >= 0.3 is 0 Å². The van der Waals surface area contributed by atoms with Crippen LogP contribution in [0.15, 0.2) is 22.7 Å². The quantitative estimate of drug-likeness (QED) is 0.796. The largest absolute Gasteiger partial charge is 0.399 e. The summed E-state index contributed by atoms with van der Waals surface area (Å²) >= 11 is 3.19. The number of halogens is 3. The van der Waals surface area contributed by atoms with E-state index in [-0.39, 0.29) is 12.6 Å². The van der Waals surface area contributed by atoms with Crippen LogP contribution in [0.2, 0.25) is 0 Å².